The summed E-state index contributed by atoms with van der Waals surface area (Å²) in [6, 6.07) is 12.4. The van der Waals surface area contributed by atoms with Crippen LogP contribution in [0.15, 0.2) is 47.6 Å². The lowest BCUT2D eigenvalue weighted by atomic mass is 9.73. The summed E-state index contributed by atoms with van der Waals surface area (Å²) in [7, 11) is 1.74. The zero-order valence-corrected chi connectivity index (χ0v) is 18.4. The largest absolute Gasteiger partial charge is 0.496 e. The molecule has 162 valence electrons. The quantitative estimate of drug-likeness (QED) is 0.517. The zero-order valence-electron chi connectivity index (χ0n) is 18.4. The molecule has 0 unspecified atom stereocenters. The van der Waals surface area contributed by atoms with Crippen molar-refractivity contribution in [1.82, 2.24) is 15.6 Å². The summed E-state index contributed by atoms with van der Waals surface area (Å²) >= 11 is 0. The van der Waals surface area contributed by atoms with Gasteiger partial charge in [0.15, 0.2) is 5.96 Å². The first kappa shape index (κ1) is 22.1. The molecule has 0 saturated carbocycles. The number of methoxy groups -OCH3 is 1. The van der Waals surface area contributed by atoms with E-state index in [0.29, 0.717) is 6.54 Å². The van der Waals surface area contributed by atoms with Crippen LogP contribution in [-0.2, 0) is 16.6 Å². The maximum absolute atomic E-state index is 5.72. The first-order valence-corrected chi connectivity index (χ1v) is 10.8. The molecule has 1 aromatic carbocycles. The van der Waals surface area contributed by atoms with Gasteiger partial charge in [-0.05, 0) is 44.9 Å². The SMILES string of the molecule is CCNC(=NCC1(c2cc(C)ccc2OC)CCOCC1)NCCc1ccccn1. The molecular weight excluding hydrogens is 376 g/mol. The van der Waals surface area contributed by atoms with E-state index in [0.717, 1.165) is 63.0 Å². The van der Waals surface area contributed by atoms with Gasteiger partial charge in [-0.15, -0.1) is 0 Å². The van der Waals surface area contributed by atoms with E-state index in [1.807, 2.05) is 24.4 Å². The van der Waals surface area contributed by atoms with Crippen LogP contribution in [-0.4, -0.2) is 50.9 Å². The summed E-state index contributed by atoms with van der Waals surface area (Å²) in [4.78, 5) is 9.38. The molecule has 1 aliphatic heterocycles. The molecule has 0 amide bonds. The van der Waals surface area contributed by atoms with Crippen LogP contribution < -0.4 is 15.4 Å². The van der Waals surface area contributed by atoms with Crippen molar-refractivity contribution < 1.29 is 9.47 Å². The standard InChI is InChI=1S/C24H34N4O2/c1-4-25-23(27-14-10-20-7-5-6-13-26-20)28-18-24(11-15-30-16-12-24)21-17-19(2)8-9-22(21)29-3/h5-9,13,17H,4,10-12,14-16,18H2,1-3H3,(H2,25,27,28). The molecule has 3 rings (SSSR count). The van der Waals surface area contributed by atoms with Crippen molar-refractivity contribution in [2.24, 2.45) is 4.99 Å². The first-order valence-electron chi connectivity index (χ1n) is 10.8. The normalized spacial score (nSPS) is 16.2. The third-order valence-electron chi connectivity index (χ3n) is 5.66. The number of aromatic nitrogens is 1. The smallest absolute Gasteiger partial charge is 0.191 e. The highest BCUT2D eigenvalue weighted by Gasteiger charge is 2.37. The second-order valence-electron chi connectivity index (χ2n) is 7.79. The zero-order chi connectivity index (χ0) is 21.2. The Morgan fingerprint density at radius 3 is 2.73 bits per heavy atom. The van der Waals surface area contributed by atoms with E-state index in [-0.39, 0.29) is 5.41 Å². The fraction of sp³-hybridized carbons (Fsp3) is 0.500. The molecule has 1 fully saturated rings. The summed E-state index contributed by atoms with van der Waals surface area (Å²) in [6.45, 7) is 8.00. The Bertz CT molecular complexity index is 817. The van der Waals surface area contributed by atoms with E-state index in [1.165, 1.54) is 11.1 Å². The number of aliphatic imine (C=N–C) groups is 1. The van der Waals surface area contributed by atoms with E-state index in [9.17, 15) is 0 Å². The van der Waals surface area contributed by atoms with Gasteiger partial charge in [0.1, 0.15) is 5.75 Å². The van der Waals surface area contributed by atoms with Gasteiger partial charge in [0.2, 0.25) is 0 Å². The summed E-state index contributed by atoms with van der Waals surface area (Å²) in [5, 5.41) is 6.83. The van der Waals surface area contributed by atoms with Crippen molar-refractivity contribution in [3.8, 4) is 5.75 Å². The molecule has 0 aliphatic carbocycles. The monoisotopic (exact) mass is 410 g/mol. The molecule has 30 heavy (non-hydrogen) atoms. The van der Waals surface area contributed by atoms with Crippen molar-refractivity contribution in [3.63, 3.8) is 0 Å². The number of rotatable bonds is 8. The van der Waals surface area contributed by atoms with Gasteiger partial charge in [-0.3, -0.25) is 9.98 Å². The predicted octanol–water partition coefficient (Wildman–Crippen LogP) is 3.24. The molecule has 6 nitrogen and oxygen atoms in total. The minimum absolute atomic E-state index is 0.0844. The minimum Gasteiger partial charge on any atom is -0.496 e. The van der Waals surface area contributed by atoms with Gasteiger partial charge in [-0.2, -0.15) is 0 Å². The highest BCUT2D eigenvalue weighted by atomic mass is 16.5. The minimum atomic E-state index is -0.0844. The van der Waals surface area contributed by atoms with Gasteiger partial charge in [-0.1, -0.05) is 23.8 Å². The van der Waals surface area contributed by atoms with Gasteiger partial charge in [0, 0.05) is 55.6 Å². The van der Waals surface area contributed by atoms with Crippen molar-refractivity contribution in [2.45, 2.75) is 38.5 Å². The second-order valence-corrected chi connectivity index (χ2v) is 7.79. The molecule has 0 spiro atoms. The molecule has 2 heterocycles. The van der Waals surface area contributed by atoms with Gasteiger partial charge in [0.05, 0.1) is 13.7 Å². The van der Waals surface area contributed by atoms with Crippen LogP contribution >= 0.6 is 0 Å². The average molecular weight is 411 g/mol. The van der Waals surface area contributed by atoms with Crippen LogP contribution in [0.4, 0.5) is 0 Å². The number of aryl methyl sites for hydroxylation is 1. The number of guanidine groups is 1. The Hall–Kier alpha value is -2.60. The summed E-state index contributed by atoms with van der Waals surface area (Å²) in [5.41, 5.74) is 3.47. The average Bonchev–Trinajstić information content (AvgIpc) is 2.79. The highest BCUT2D eigenvalue weighted by molar-refractivity contribution is 5.79. The van der Waals surface area contributed by atoms with E-state index < -0.39 is 0 Å². The van der Waals surface area contributed by atoms with Crippen LogP contribution in [0.25, 0.3) is 0 Å². The third-order valence-corrected chi connectivity index (χ3v) is 5.66. The molecule has 2 N–H and O–H groups in total. The summed E-state index contributed by atoms with van der Waals surface area (Å²) < 4.78 is 11.4. The number of hydrogen-bond donors (Lipinski definition) is 2. The summed E-state index contributed by atoms with van der Waals surface area (Å²) in [5.74, 6) is 1.77. The number of benzene rings is 1. The van der Waals surface area contributed by atoms with Gasteiger partial charge < -0.3 is 20.1 Å². The Kier molecular flexibility index (Phi) is 8.08. The summed E-state index contributed by atoms with van der Waals surface area (Å²) in [6.07, 6.45) is 4.56. The molecule has 1 aromatic heterocycles. The number of nitrogens with zero attached hydrogens (tertiary/aromatic N) is 2. The van der Waals surface area contributed by atoms with E-state index >= 15 is 0 Å². The van der Waals surface area contributed by atoms with Crippen LogP contribution in [0.3, 0.4) is 0 Å². The van der Waals surface area contributed by atoms with E-state index in [2.05, 4.69) is 47.7 Å². The third kappa shape index (κ3) is 5.72. The fourth-order valence-electron chi connectivity index (χ4n) is 3.94. The van der Waals surface area contributed by atoms with Crippen molar-refractivity contribution in [3.05, 3.63) is 59.4 Å². The molecule has 0 bridgehead atoms. The number of nitrogens with one attached hydrogen (secondary N) is 2. The molecule has 1 saturated heterocycles. The molecule has 6 heteroatoms. The predicted molar refractivity (Wildman–Crippen MR) is 121 cm³/mol. The Morgan fingerprint density at radius 2 is 2.03 bits per heavy atom. The number of hydrogen-bond acceptors (Lipinski definition) is 4. The van der Waals surface area contributed by atoms with Crippen LogP contribution in [0.1, 0.15) is 36.6 Å². The fourth-order valence-corrected chi connectivity index (χ4v) is 3.94. The van der Waals surface area contributed by atoms with E-state index in [4.69, 9.17) is 14.5 Å². The number of ether oxygens (including phenoxy) is 2. The molecule has 0 atom stereocenters. The molecular formula is C24H34N4O2. The molecule has 2 aromatic rings. The maximum atomic E-state index is 5.72. The van der Waals surface area contributed by atoms with Crippen LogP contribution in [0.2, 0.25) is 0 Å². The van der Waals surface area contributed by atoms with Gasteiger partial charge in [0.25, 0.3) is 0 Å². The molecule has 1 aliphatic rings. The Labute approximate surface area is 180 Å². The Balaban J connectivity index is 1.77. The topological polar surface area (TPSA) is 67.8 Å². The Morgan fingerprint density at radius 1 is 1.20 bits per heavy atom. The van der Waals surface area contributed by atoms with Crippen molar-refractivity contribution in [1.29, 1.82) is 0 Å². The first-order chi connectivity index (χ1) is 14.7. The van der Waals surface area contributed by atoms with Crippen molar-refractivity contribution >= 4 is 5.96 Å². The number of pyridine rings is 1. The lowest BCUT2D eigenvalue weighted by molar-refractivity contribution is 0.0522. The second kappa shape index (κ2) is 11.0. The highest BCUT2D eigenvalue weighted by Crippen LogP contribution is 2.40. The van der Waals surface area contributed by atoms with Gasteiger partial charge in [-0.25, -0.2) is 0 Å². The van der Waals surface area contributed by atoms with E-state index in [1.54, 1.807) is 7.11 Å². The van der Waals surface area contributed by atoms with Crippen molar-refractivity contribution in [2.75, 3.05) is 40.0 Å². The van der Waals surface area contributed by atoms with Gasteiger partial charge >= 0.3 is 0 Å². The van der Waals surface area contributed by atoms with Crippen LogP contribution in [0, 0.1) is 6.92 Å². The van der Waals surface area contributed by atoms with Crippen LogP contribution in [0.5, 0.6) is 5.75 Å². The maximum Gasteiger partial charge on any atom is 0.191 e. The lowest BCUT2D eigenvalue weighted by Gasteiger charge is -2.37. The molecule has 0 radical (unpaired) electrons. The lowest BCUT2D eigenvalue weighted by Crippen LogP contribution is -2.42.